The molecule has 0 saturated heterocycles. The first-order valence-corrected chi connectivity index (χ1v) is 6.84. The Labute approximate surface area is 128 Å². The van der Waals surface area contributed by atoms with Crippen molar-refractivity contribution in [3.63, 3.8) is 0 Å². The lowest BCUT2D eigenvalue weighted by Gasteiger charge is -2.11. The zero-order chi connectivity index (χ0) is 15.2. The number of hydrogen-bond acceptors (Lipinski definition) is 4. The molecule has 0 atom stereocenters. The van der Waals surface area contributed by atoms with E-state index in [9.17, 15) is 4.79 Å². The first-order valence-electron chi connectivity index (χ1n) is 6.47. The first kappa shape index (κ1) is 15.4. The Balaban J connectivity index is 2.49. The van der Waals surface area contributed by atoms with Gasteiger partial charge in [0, 0.05) is 17.1 Å². The van der Waals surface area contributed by atoms with Crippen molar-refractivity contribution in [1.29, 1.82) is 0 Å². The van der Waals surface area contributed by atoms with Crippen molar-refractivity contribution in [2.45, 2.75) is 0 Å². The summed E-state index contributed by atoms with van der Waals surface area (Å²) in [6.07, 6.45) is 0. The van der Waals surface area contributed by atoms with Gasteiger partial charge in [-0.25, -0.2) is 4.79 Å². The van der Waals surface area contributed by atoms with E-state index in [2.05, 4.69) is 0 Å². The molecule has 0 aromatic heterocycles. The van der Waals surface area contributed by atoms with Crippen LogP contribution >= 0.6 is 11.6 Å². The summed E-state index contributed by atoms with van der Waals surface area (Å²) in [5.74, 6) is 0.125. The second kappa shape index (κ2) is 7.11. The van der Waals surface area contributed by atoms with E-state index in [1.807, 2.05) is 24.3 Å². The highest BCUT2D eigenvalue weighted by atomic mass is 35.5. The topological polar surface area (TPSA) is 61.5 Å². The maximum Gasteiger partial charge on any atom is 0.338 e. The number of rotatable bonds is 5. The van der Waals surface area contributed by atoms with Gasteiger partial charge >= 0.3 is 5.97 Å². The van der Waals surface area contributed by atoms with Gasteiger partial charge in [0.1, 0.15) is 12.4 Å². The van der Waals surface area contributed by atoms with Crippen molar-refractivity contribution in [3.05, 3.63) is 53.1 Å². The Morgan fingerprint density at radius 1 is 1.24 bits per heavy atom. The van der Waals surface area contributed by atoms with Gasteiger partial charge in [0.2, 0.25) is 0 Å². The van der Waals surface area contributed by atoms with E-state index in [0.717, 1.165) is 11.1 Å². The van der Waals surface area contributed by atoms with E-state index in [1.165, 1.54) is 7.11 Å². The second-order valence-electron chi connectivity index (χ2n) is 4.35. The fraction of sp³-hybridized carbons (Fsp3) is 0.188. The predicted octanol–water partition coefficient (Wildman–Crippen LogP) is 3.13. The average molecular weight is 306 g/mol. The van der Waals surface area contributed by atoms with Crippen molar-refractivity contribution < 1.29 is 14.3 Å². The SMILES string of the molecule is COC(=O)c1cc(OCCN)cc(-c2ccccc2Cl)c1. The highest BCUT2D eigenvalue weighted by Crippen LogP contribution is 2.31. The summed E-state index contributed by atoms with van der Waals surface area (Å²) in [5.41, 5.74) is 7.45. The van der Waals surface area contributed by atoms with Crippen LogP contribution in [0.1, 0.15) is 10.4 Å². The van der Waals surface area contributed by atoms with Crippen LogP contribution in [-0.4, -0.2) is 26.2 Å². The Hall–Kier alpha value is -2.04. The Morgan fingerprint density at radius 2 is 2.00 bits per heavy atom. The molecule has 0 saturated carbocycles. The monoisotopic (exact) mass is 305 g/mol. The first-order chi connectivity index (χ1) is 10.2. The molecule has 5 heteroatoms. The van der Waals surface area contributed by atoms with E-state index < -0.39 is 5.97 Å². The normalized spacial score (nSPS) is 10.2. The predicted molar refractivity (Wildman–Crippen MR) is 82.8 cm³/mol. The molecule has 2 aromatic rings. The van der Waals surface area contributed by atoms with Gasteiger partial charge in [0.25, 0.3) is 0 Å². The molecule has 110 valence electrons. The summed E-state index contributed by atoms with van der Waals surface area (Å²) in [7, 11) is 1.34. The quantitative estimate of drug-likeness (QED) is 0.862. The third-order valence-corrected chi connectivity index (χ3v) is 3.23. The number of ether oxygens (including phenoxy) is 2. The number of benzene rings is 2. The molecular formula is C16H16ClNO3. The summed E-state index contributed by atoms with van der Waals surface area (Å²) >= 11 is 6.20. The summed E-state index contributed by atoms with van der Waals surface area (Å²) < 4.78 is 10.3. The second-order valence-corrected chi connectivity index (χ2v) is 4.76. The van der Waals surface area contributed by atoms with Crippen LogP contribution in [0.15, 0.2) is 42.5 Å². The zero-order valence-corrected chi connectivity index (χ0v) is 12.4. The van der Waals surface area contributed by atoms with Crippen molar-refractivity contribution in [3.8, 4) is 16.9 Å². The number of carbonyl (C=O) groups excluding carboxylic acids is 1. The molecule has 0 heterocycles. The molecule has 0 aliphatic heterocycles. The minimum atomic E-state index is -0.429. The van der Waals surface area contributed by atoms with Gasteiger partial charge < -0.3 is 15.2 Å². The van der Waals surface area contributed by atoms with E-state index in [0.29, 0.717) is 29.5 Å². The largest absolute Gasteiger partial charge is 0.492 e. The van der Waals surface area contributed by atoms with E-state index >= 15 is 0 Å². The summed E-state index contributed by atoms with van der Waals surface area (Å²) in [6.45, 7) is 0.760. The third kappa shape index (κ3) is 3.74. The maximum absolute atomic E-state index is 11.8. The van der Waals surface area contributed by atoms with Crippen LogP contribution in [-0.2, 0) is 4.74 Å². The minimum Gasteiger partial charge on any atom is -0.492 e. The molecule has 0 amide bonds. The standard InChI is InChI=1S/C16H16ClNO3/c1-20-16(19)12-8-11(9-13(10-12)21-7-6-18)14-4-2-3-5-15(14)17/h2-5,8-10H,6-7,18H2,1H3. The van der Waals surface area contributed by atoms with Crippen molar-refractivity contribution >= 4 is 17.6 Å². The van der Waals surface area contributed by atoms with Crippen molar-refractivity contribution in [1.82, 2.24) is 0 Å². The van der Waals surface area contributed by atoms with Crippen molar-refractivity contribution in [2.24, 2.45) is 5.73 Å². The highest BCUT2D eigenvalue weighted by Gasteiger charge is 2.12. The lowest BCUT2D eigenvalue weighted by atomic mass is 10.0. The third-order valence-electron chi connectivity index (χ3n) is 2.90. The molecule has 2 rings (SSSR count). The Morgan fingerprint density at radius 3 is 2.67 bits per heavy atom. The van der Waals surface area contributed by atoms with Gasteiger partial charge in [0.05, 0.1) is 12.7 Å². The van der Waals surface area contributed by atoms with Crippen LogP contribution in [0.25, 0.3) is 11.1 Å². The van der Waals surface area contributed by atoms with E-state index in [1.54, 1.807) is 18.2 Å². The van der Waals surface area contributed by atoms with E-state index in [4.69, 9.17) is 26.8 Å². The van der Waals surface area contributed by atoms with Gasteiger partial charge in [-0.2, -0.15) is 0 Å². The molecule has 0 unspecified atom stereocenters. The van der Waals surface area contributed by atoms with Crippen LogP contribution < -0.4 is 10.5 Å². The minimum absolute atomic E-state index is 0.368. The summed E-state index contributed by atoms with van der Waals surface area (Å²) in [4.78, 5) is 11.8. The molecule has 4 nitrogen and oxygen atoms in total. The molecule has 0 spiro atoms. The average Bonchev–Trinajstić information content (AvgIpc) is 2.52. The molecule has 0 aliphatic carbocycles. The van der Waals surface area contributed by atoms with Gasteiger partial charge in [-0.3, -0.25) is 0 Å². The Bertz CT molecular complexity index is 643. The smallest absolute Gasteiger partial charge is 0.338 e. The summed E-state index contributed by atoms with van der Waals surface area (Å²) in [6, 6.07) is 12.6. The molecular weight excluding hydrogens is 290 g/mol. The fourth-order valence-electron chi connectivity index (χ4n) is 1.95. The van der Waals surface area contributed by atoms with Gasteiger partial charge in [-0.05, 0) is 29.8 Å². The molecule has 0 radical (unpaired) electrons. The number of nitrogens with two attached hydrogens (primary N) is 1. The zero-order valence-electron chi connectivity index (χ0n) is 11.6. The maximum atomic E-state index is 11.8. The molecule has 0 fully saturated rings. The summed E-state index contributed by atoms with van der Waals surface area (Å²) in [5, 5.41) is 0.601. The number of carbonyl (C=O) groups is 1. The molecule has 0 aliphatic rings. The van der Waals surface area contributed by atoms with Crippen LogP contribution in [0.3, 0.4) is 0 Å². The van der Waals surface area contributed by atoms with Gasteiger partial charge in [-0.15, -0.1) is 0 Å². The Kier molecular flexibility index (Phi) is 5.20. The highest BCUT2D eigenvalue weighted by molar-refractivity contribution is 6.33. The molecule has 2 aromatic carbocycles. The molecule has 0 bridgehead atoms. The number of methoxy groups -OCH3 is 1. The fourth-order valence-corrected chi connectivity index (χ4v) is 2.19. The van der Waals surface area contributed by atoms with Crippen LogP contribution in [0.4, 0.5) is 0 Å². The van der Waals surface area contributed by atoms with Crippen LogP contribution in [0.2, 0.25) is 5.02 Å². The van der Waals surface area contributed by atoms with Crippen LogP contribution in [0, 0.1) is 0 Å². The molecule has 21 heavy (non-hydrogen) atoms. The van der Waals surface area contributed by atoms with Crippen molar-refractivity contribution in [2.75, 3.05) is 20.3 Å². The van der Waals surface area contributed by atoms with Gasteiger partial charge in [-0.1, -0.05) is 29.8 Å². The van der Waals surface area contributed by atoms with Crippen LogP contribution in [0.5, 0.6) is 5.75 Å². The lowest BCUT2D eigenvalue weighted by molar-refractivity contribution is 0.0600. The lowest BCUT2D eigenvalue weighted by Crippen LogP contribution is -2.11. The number of halogens is 1. The van der Waals surface area contributed by atoms with E-state index in [-0.39, 0.29) is 0 Å². The number of hydrogen-bond donors (Lipinski definition) is 1. The number of esters is 1. The molecule has 2 N–H and O–H groups in total. The van der Waals surface area contributed by atoms with Gasteiger partial charge in [0.15, 0.2) is 0 Å².